The van der Waals surface area contributed by atoms with Crippen molar-refractivity contribution >= 4 is 16.9 Å². The summed E-state index contributed by atoms with van der Waals surface area (Å²) < 4.78 is 16.5. The summed E-state index contributed by atoms with van der Waals surface area (Å²) in [5.74, 6) is 1.64. The molecule has 1 N–H and O–H groups in total. The van der Waals surface area contributed by atoms with E-state index in [9.17, 15) is 4.79 Å². The molecule has 2 rings (SSSR count). The van der Waals surface area contributed by atoms with Crippen molar-refractivity contribution in [2.45, 2.75) is 13.3 Å². The number of carbonyl (C=O) groups excluding carboxylic acids is 1. The number of fused-ring (bicyclic) bond motifs is 1. The van der Waals surface area contributed by atoms with Crippen molar-refractivity contribution in [1.29, 1.82) is 0 Å². The molecule has 0 spiro atoms. The largest absolute Gasteiger partial charge is 0.493 e. The number of nitrogens with one attached hydrogen (secondary N) is 1. The summed E-state index contributed by atoms with van der Waals surface area (Å²) >= 11 is 0. The number of benzene rings is 2. The molecule has 5 nitrogen and oxygen atoms in total. The van der Waals surface area contributed by atoms with Crippen molar-refractivity contribution in [1.82, 2.24) is 5.32 Å². The molecule has 21 heavy (non-hydrogen) atoms. The summed E-state index contributed by atoms with van der Waals surface area (Å²) in [7, 11) is 3.08. The highest BCUT2D eigenvalue weighted by atomic mass is 16.6. The maximum atomic E-state index is 11.5. The van der Waals surface area contributed by atoms with E-state index in [2.05, 4.69) is 5.32 Å². The lowest BCUT2D eigenvalue weighted by atomic mass is 10.1. The first-order chi connectivity index (χ1) is 10.2. The predicted octanol–water partition coefficient (Wildman–Crippen LogP) is 3.36. The fourth-order valence-corrected chi connectivity index (χ4v) is 2.03. The van der Waals surface area contributed by atoms with E-state index in [1.807, 2.05) is 31.2 Å². The second kappa shape index (κ2) is 6.83. The summed E-state index contributed by atoms with van der Waals surface area (Å²) in [4.78, 5) is 11.5. The molecule has 5 heteroatoms. The number of carbonyl (C=O) groups is 1. The summed E-state index contributed by atoms with van der Waals surface area (Å²) in [6, 6.07) is 9.26. The third-order valence-electron chi connectivity index (χ3n) is 3.00. The molecule has 0 heterocycles. The van der Waals surface area contributed by atoms with Crippen LogP contribution < -0.4 is 19.5 Å². The van der Waals surface area contributed by atoms with Gasteiger partial charge in [-0.2, -0.15) is 0 Å². The molecule has 0 saturated carbocycles. The minimum Gasteiger partial charge on any atom is -0.493 e. The van der Waals surface area contributed by atoms with Gasteiger partial charge in [-0.05, 0) is 6.42 Å². The summed E-state index contributed by atoms with van der Waals surface area (Å²) in [5, 5.41) is 4.08. The van der Waals surface area contributed by atoms with Gasteiger partial charge >= 0.3 is 6.09 Å². The molecule has 0 saturated heterocycles. The van der Waals surface area contributed by atoms with E-state index in [0.717, 1.165) is 17.2 Å². The zero-order valence-electron chi connectivity index (χ0n) is 12.4. The lowest BCUT2D eigenvalue weighted by molar-refractivity contribution is 0.203. The molecule has 0 aliphatic heterocycles. The molecular formula is C16H19NO4. The van der Waals surface area contributed by atoms with Crippen LogP contribution in [0.3, 0.4) is 0 Å². The number of ether oxygens (including phenoxy) is 3. The van der Waals surface area contributed by atoms with Gasteiger partial charge in [0.2, 0.25) is 0 Å². The molecule has 0 fully saturated rings. The fourth-order valence-electron chi connectivity index (χ4n) is 2.03. The van der Waals surface area contributed by atoms with Gasteiger partial charge in [0.1, 0.15) is 5.75 Å². The molecule has 0 unspecified atom stereocenters. The number of methoxy groups -OCH3 is 1. The van der Waals surface area contributed by atoms with Gasteiger partial charge in [-0.15, -0.1) is 0 Å². The molecule has 0 aliphatic rings. The van der Waals surface area contributed by atoms with Crippen molar-refractivity contribution in [3.8, 4) is 17.2 Å². The van der Waals surface area contributed by atoms with Crippen LogP contribution in [0.15, 0.2) is 30.3 Å². The maximum Gasteiger partial charge on any atom is 0.412 e. The fraction of sp³-hybridized carbons (Fsp3) is 0.312. The highest BCUT2D eigenvalue weighted by Crippen LogP contribution is 2.41. The normalized spacial score (nSPS) is 10.2. The smallest absolute Gasteiger partial charge is 0.412 e. The Bertz CT molecular complexity index is 639. The Kier molecular flexibility index (Phi) is 4.87. The van der Waals surface area contributed by atoms with Crippen molar-refractivity contribution in [3.63, 3.8) is 0 Å². The van der Waals surface area contributed by atoms with Crippen LogP contribution >= 0.6 is 0 Å². The van der Waals surface area contributed by atoms with Crippen LogP contribution in [0.2, 0.25) is 0 Å². The number of amides is 1. The van der Waals surface area contributed by atoms with Gasteiger partial charge in [-0.3, -0.25) is 0 Å². The summed E-state index contributed by atoms with van der Waals surface area (Å²) in [6.07, 6.45) is 0.373. The van der Waals surface area contributed by atoms with Crippen molar-refractivity contribution in [3.05, 3.63) is 30.3 Å². The Morgan fingerprint density at radius 2 is 1.90 bits per heavy atom. The molecule has 0 bridgehead atoms. The lowest BCUT2D eigenvalue weighted by Gasteiger charge is -2.16. The molecule has 112 valence electrons. The van der Waals surface area contributed by atoms with Crippen LogP contribution in [0.4, 0.5) is 4.79 Å². The average Bonchev–Trinajstić information content (AvgIpc) is 2.53. The Morgan fingerprint density at radius 3 is 2.52 bits per heavy atom. The van der Waals surface area contributed by atoms with E-state index in [4.69, 9.17) is 14.2 Å². The predicted molar refractivity (Wildman–Crippen MR) is 81.4 cm³/mol. The van der Waals surface area contributed by atoms with Gasteiger partial charge in [0, 0.05) is 23.9 Å². The minimum absolute atomic E-state index is 0.436. The summed E-state index contributed by atoms with van der Waals surface area (Å²) in [6.45, 7) is 2.63. The summed E-state index contributed by atoms with van der Waals surface area (Å²) in [5.41, 5.74) is 0. The topological polar surface area (TPSA) is 56.8 Å². The van der Waals surface area contributed by atoms with Crippen LogP contribution in [0.5, 0.6) is 17.2 Å². The standard InChI is InChI=1S/C16H19NO4/c1-4-9-20-15-12-8-6-5-7-11(12)13(10-14(15)19-3)21-16(18)17-2/h5-8,10H,4,9H2,1-3H3,(H,17,18). The van der Waals surface area contributed by atoms with Crippen LogP contribution in [0.1, 0.15) is 13.3 Å². The second-order valence-electron chi connectivity index (χ2n) is 4.44. The van der Waals surface area contributed by atoms with E-state index >= 15 is 0 Å². The third kappa shape index (κ3) is 3.18. The Morgan fingerprint density at radius 1 is 1.19 bits per heavy atom. The zero-order chi connectivity index (χ0) is 15.2. The van der Waals surface area contributed by atoms with Crippen molar-refractivity contribution in [2.24, 2.45) is 0 Å². The van der Waals surface area contributed by atoms with E-state index in [0.29, 0.717) is 23.9 Å². The first-order valence-electron chi connectivity index (χ1n) is 6.83. The number of hydrogen-bond acceptors (Lipinski definition) is 4. The van der Waals surface area contributed by atoms with Gasteiger partial charge in [0.25, 0.3) is 0 Å². The average molecular weight is 289 g/mol. The van der Waals surface area contributed by atoms with Crippen molar-refractivity contribution < 1.29 is 19.0 Å². The molecule has 1 amide bonds. The van der Waals surface area contributed by atoms with E-state index in [1.54, 1.807) is 13.2 Å². The van der Waals surface area contributed by atoms with Crippen LogP contribution in [-0.4, -0.2) is 26.9 Å². The Balaban J connectivity index is 2.58. The third-order valence-corrected chi connectivity index (χ3v) is 3.00. The monoisotopic (exact) mass is 289 g/mol. The molecule has 0 radical (unpaired) electrons. The van der Waals surface area contributed by atoms with Crippen LogP contribution in [-0.2, 0) is 0 Å². The maximum absolute atomic E-state index is 11.5. The molecule has 2 aromatic rings. The molecular weight excluding hydrogens is 270 g/mol. The lowest BCUT2D eigenvalue weighted by Crippen LogP contribution is -2.22. The van der Waals surface area contributed by atoms with Crippen molar-refractivity contribution in [2.75, 3.05) is 20.8 Å². The van der Waals surface area contributed by atoms with Gasteiger partial charge < -0.3 is 19.5 Å². The Labute approximate surface area is 123 Å². The van der Waals surface area contributed by atoms with Crippen LogP contribution in [0.25, 0.3) is 10.8 Å². The second-order valence-corrected chi connectivity index (χ2v) is 4.44. The molecule has 0 aliphatic carbocycles. The van der Waals surface area contributed by atoms with Crippen LogP contribution in [0, 0.1) is 0 Å². The Hall–Kier alpha value is -2.43. The molecule has 0 aromatic heterocycles. The molecule has 2 aromatic carbocycles. The minimum atomic E-state index is -0.524. The SMILES string of the molecule is CCCOc1c(OC)cc(OC(=O)NC)c2ccccc12. The van der Waals surface area contributed by atoms with E-state index < -0.39 is 6.09 Å². The van der Waals surface area contributed by atoms with Gasteiger partial charge in [0.15, 0.2) is 11.5 Å². The zero-order valence-corrected chi connectivity index (χ0v) is 12.4. The van der Waals surface area contributed by atoms with E-state index in [-0.39, 0.29) is 0 Å². The van der Waals surface area contributed by atoms with Gasteiger partial charge in [-0.25, -0.2) is 4.79 Å². The van der Waals surface area contributed by atoms with Gasteiger partial charge in [-0.1, -0.05) is 31.2 Å². The van der Waals surface area contributed by atoms with Gasteiger partial charge in [0.05, 0.1) is 13.7 Å². The quantitative estimate of drug-likeness (QED) is 0.917. The first-order valence-corrected chi connectivity index (χ1v) is 6.83. The first kappa shape index (κ1) is 15.0. The highest BCUT2D eigenvalue weighted by molar-refractivity contribution is 5.96. The molecule has 0 atom stereocenters. The number of hydrogen-bond donors (Lipinski definition) is 1. The number of rotatable bonds is 5. The highest BCUT2D eigenvalue weighted by Gasteiger charge is 2.16. The van der Waals surface area contributed by atoms with E-state index in [1.165, 1.54) is 7.05 Å².